The summed E-state index contributed by atoms with van der Waals surface area (Å²) in [5.41, 5.74) is 10.8. The Labute approximate surface area is 194 Å². The summed E-state index contributed by atoms with van der Waals surface area (Å²) in [5.74, 6) is -4.65. The van der Waals surface area contributed by atoms with Crippen molar-refractivity contribution in [3.63, 3.8) is 0 Å². The molecule has 0 aromatic heterocycles. The van der Waals surface area contributed by atoms with Gasteiger partial charge in [0.2, 0.25) is 5.79 Å². The summed E-state index contributed by atoms with van der Waals surface area (Å²) in [6, 6.07) is 1.14. The first-order chi connectivity index (χ1) is 15.9. The van der Waals surface area contributed by atoms with Crippen LogP contribution in [0.25, 0.3) is 0 Å². The molecule has 13 nitrogen and oxygen atoms in total. The number of ether oxygens (including phenoxy) is 1. The number of nitrogens with one attached hydrogen (secondary N) is 2. The fourth-order valence-corrected chi connectivity index (χ4v) is 5.38. The van der Waals surface area contributed by atoms with Crippen molar-refractivity contribution >= 4 is 23.8 Å². The van der Waals surface area contributed by atoms with E-state index in [0.29, 0.717) is 12.4 Å². The largest absolute Gasteiger partial charge is 0.492 e. The van der Waals surface area contributed by atoms with E-state index in [9.17, 15) is 24.9 Å². The molecular weight excluding hydrogens is 446 g/mol. The lowest BCUT2D eigenvalue weighted by atomic mass is 9.79. The third kappa shape index (κ3) is 2.80. The van der Waals surface area contributed by atoms with Gasteiger partial charge in [0.15, 0.2) is 23.6 Å². The van der Waals surface area contributed by atoms with Gasteiger partial charge in [-0.1, -0.05) is 26.0 Å². The first kappa shape index (κ1) is 22.2. The van der Waals surface area contributed by atoms with Crippen molar-refractivity contribution in [3.8, 4) is 5.75 Å². The first-order valence-corrected chi connectivity index (χ1v) is 10.9. The van der Waals surface area contributed by atoms with E-state index in [1.54, 1.807) is 12.1 Å². The second-order valence-electron chi connectivity index (χ2n) is 9.65. The molecule has 34 heavy (non-hydrogen) atoms. The quantitative estimate of drug-likeness (QED) is 0.232. The van der Waals surface area contributed by atoms with Crippen LogP contribution in [0.4, 0.5) is 0 Å². The highest BCUT2D eigenvalue weighted by molar-refractivity contribution is 5.98. The number of carbonyl (C=O) groups is 2. The molecule has 5 rings (SSSR count). The van der Waals surface area contributed by atoms with Crippen LogP contribution < -0.4 is 26.8 Å². The SMILES string of the molecule is CC1(C)CCOc2c(C(=O)N[C@H]3CN4C(N)=N[C@@H](C(=O)O)[C@@H]5N=C(N)N[C@@]54C3(O)O)cccc21. The summed E-state index contributed by atoms with van der Waals surface area (Å²) >= 11 is 0. The van der Waals surface area contributed by atoms with Gasteiger partial charge in [0.05, 0.1) is 12.2 Å². The molecule has 4 atom stereocenters. The van der Waals surface area contributed by atoms with Crippen LogP contribution >= 0.6 is 0 Å². The van der Waals surface area contributed by atoms with Crippen molar-refractivity contribution in [1.29, 1.82) is 0 Å². The maximum atomic E-state index is 13.3. The molecule has 4 aliphatic rings. The molecule has 4 heterocycles. The normalized spacial score (nSPS) is 32.2. The molecule has 1 spiro atoms. The van der Waals surface area contributed by atoms with Crippen molar-refractivity contribution in [2.45, 2.75) is 55.3 Å². The average molecular weight is 473 g/mol. The highest BCUT2D eigenvalue weighted by Gasteiger charge is 2.74. The highest BCUT2D eigenvalue weighted by atomic mass is 16.5. The Balaban J connectivity index is 1.50. The Morgan fingerprint density at radius 3 is 2.71 bits per heavy atom. The lowest BCUT2D eigenvalue weighted by molar-refractivity contribution is -0.230. The van der Waals surface area contributed by atoms with Crippen LogP contribution in [0.1, 0.15) is 36.2 Å². The molecule has 1 aromatic carbocycles. The molecule has 1 aromatic rings. The number of aliphatic hydroxyl groups is 2. The van der Waals surface area contributed by atoms with Gasteiger partial charge in [-0.15, -0.1) is 0 Å². The van der Waals surface area contributed by atoms with Gasteiger partial charge in [-0.05, 0) is 17.9 Å². The fraction of sp³-hybridized carbons (Fsp3) is 0.524. The van der Waals surface area contributed by atoms with Crippen LogP contribution in [0.2, 0.25) is 0 Å². The molecule has 0 saturated carbocycles. The number of hydrogen-bond donors (Lipinski definition) is 7. The predicted octanol–water partition coefficient (Wildman–Crippen LogP) is -2.39. The molecule has 0 bridgehead atoms. The number of carboxylic acid groups (broad SMARTS) is 1. The molecule has 0 unspecified atom stereocenters. The molecular formula is C21H27N7O6. The number of benzene rings is 1. The van der Waals surface area contributed by atoms with Crippen LogP contribution in [0.15, 0.2) is 28.2 Å². The van der Waals surface area contributed by atoms with E-state index >= 15 is 0 Å². The molecule has 13 heteroatoms. The fourth-order valence-electron chi connectivity index (χ4n) is 5.38. The number of aliphatic imine (C=N–C) groups is 2. The number of amides is 1. The highest BCUT2D eigenvalue weighted by Crippen LogP contribution is 2.45. The number of para-hydroxylation sites is 1. The zero-order valence-corrected chi connectivity index (χ0v) is 18.6. The number of aliphatic carboxylic acids is 1. The Hall–Kier alpha value is -3.58. The summed E-state index contributed by atoms with van der Waals surface area (Å²) < 4.78 is 5.81. The molecule has 182 valence electrons. The number of carbonyl (C=O) groups excluding carboxylic acids is 1. The topological polar surface area (TPSA) is 208 Å². The van der Waals surface area contributed by atoms with Crippen LogP contribution in [-0.2, 0) is 10.2 Å². The standard InChI is InChI=1S/C21H27N7O6/c1-19(2)6-7-34-13-9(4-3-5-10(13)19)15(29)24-11-8-28-18(23)25-12(16(30)31)14-20(28,21(11,32)33)27-17(22)26-14/h3-5,11-12,14,32-33H,6-8H2,1-2H3,(H2,23,25)(H,24,29)(H,30,31)(H3,22,26,27)/t11-,12+,14-,20-/m0/s1. The van der Waals surface area contributed by atoms with E-state index in [1.165, 1.54) is 4.90 Å². The van der Waals surface area contributed by atoms with Crippen LogP contribution in [0.5, 0.6) is 5.75 Å². The van der Waals surface area contributed by atoms with Gasteiger partial charge in [0, 0.05) is 12.1 Å². The third-order valence-electron chi connectivity index (χ3n) is 7.23. The minimum atomic E-state index is -2.72. The summed E-state index contributed by atoms with van der Waals surface area (Å²) in [4.78, 5) is 34.5. The Morgan fingerprint density at radius 2 is 2.00 bits per heavy atom. The van der Waals surface area contributed by atoms with Crippen molar-refractivity contribution in [1.82, 2.24) is 15.5 Å². The van der Waals surface area contributed by atoms with E-state index in [2.05, 4.69) is 34.5 Å². The second-order valence-corrected chi connectivity index (χ2v) is 9.65. The summed E-state index contributed by atoms with van der Waals surface area (Å²) in [6.07, 6.45) is 0.791. The number of nitrogens with two attached hydrogens (primary N) is 2. The second kappa shape index (κ2) is 6.96. The maximum Gasteiger partial charge on any atom is 0.331 e. The predicted molar refractivity (Wildman–Crippen MR) is 119 cm³/mol. The van der Waals surface area contributed by atoms with Gasteiger partial charge in [0.25, 0.3) is 5.91 Å². The lowest BCUT2D eigenvalue weighted by Crippen LogP contribution is -2.78. The molecule has 0 radical (unpaired) electrons. The number of nitrogens with zero attached hydrogens (tertiary/aromatic N) is 3. The third-order valence-corrected chi connectivity index (χ3v) is 7.23. The molecule has 1 amide bonds. The summed E-state index contributed by atoms with van der Waals surface area (Å²) in [6.45, 7) is 4.39. The minimum Gasteiger partial charge on any atom is -0.492 e. The molecule has 1 saturated heterocycles. The molecule has 4 aliphatic heterocycles. The number of rotatable bonds is 3. The minimum absolute atomic E-state index is 0.186. The average Bonchev–Trinajstić information content (AvgIpc) is 3.22. The number of hydrogen-bond acceptors (Lipinski definition) is 11. The van der Waals surface area contributed by atoms with E-state index in [1.807, 2.05) is 6.07 Å². The van der Waals surface area contributed by atoms with E-state index in [4.69, 9.17) is 16.2 Å². The van der Waals surface area contributed by atoms with Gasteiger partial charge < -0.3 is 47.1 Å². The lowest BCUT2D eigenvalue weighted by Gasteiger charge is -2.48. The number of guanidine groups is 2. The van der Waals surface area contributed by atoms with Gasteiger partial charge >= 0.3 is 5.97 Å². The Morgan fingerprint density at radius 1 is 1.26 bits per heavy atom. The number of fused-ring (bicyclic) bond motifs is 1. The molecule has 9 N–H and O–H groups in total. The summed E-state index contributed by atoms with van der Waals surface area (Å²) in [7, 11) is 0. The van der Waals surface area contributed by atoms with Crippen molar-refractivity contribution in [2.24, 2.45) is 21.5 Å². The van der Waals surface area contributed by atoms with Crippen molar-refractivity contribution < 1.29 is 29.6 Å². The van der Waals surface area contributed by atoms with Crippen LogP contribution in [0, 0.1) is 0 Å². The maximum absolute atomic E-state index is 13.3. The smallest absolute Gasteiger partial charge is 0.331 e. The zero-order valence-electron chi connectivity index (χ0n) is 18.6. The van der Waals surface area contributed by atoms with E-state index < -0.39 is 41.5 Å². The van der Waals surface area contributed by atoms with Gasteiger partial charge in [-0.25, -0.2) is 14.8 Å². The Kier molecular flexibility index (Phi) is 4.55. The van der Waals surface area contributed by atoms with Gasteiger partial charge in [-0.2, -0.15) is 0 Å². The van der Waals surface area contributed by atoms with Crippen molar-refractivity contribution in [2.75, 3.05) is 13.2 Å². The zero-order chi connectivity index (χ0) is 24.6. The monoisotopic (exact) mass is 473 g/mol. The van der Waals surface area contributed by atoms with E-state index in [0.717, 1.165) is 12.0 Å². The molecule has 0 aliphatic carbocycles. The molecule has 1 fully saturated rings. The van der Waals surface area contributed by atoms with Crippen molar-refractivity contribution in [3.05, 3.63) is 29.3 Å². The van der Waals surface area contributed by atoms with Gasteiger partial charge in [-0.3, -0.25) is 4.79 Å². The van der Waals surface area contributed by atoms with Gasteiger partial charge in [0.1, 0.15) is 17.8 Å². The van der Waals surface area contributed by atoms with Crippen LogP contribution in [-0.4, -0.2) is 86.7 Å². The first-order valence-electron chi connectivity index (χ1n) is 10.9. The van der Waals surface area contributed by atoms with Crippen LogP contribution in [0.3, 0.4) is 0 Å². The number of carboxylic acids is 1. The summed E-state index contributed by atoms with van der Waals surface area (Å²) in [5, 5.41) is 37.6. The Bertz CT molecular complexity index is 1150. The van der Waals surface area contributed by atoms with E-state index in [-0.39, 0.29) is 29.4 Å².